The van der Waals surface area contributed by atoms with E-state index >= 15 is 0 Å². The van der Waals surface area contributed by atoms with Crippen LogP contribution in [-0.2, 0) is 16.7 Å². The molecule has 0 aliphatic carbocycles. The quantitative estimate of drug-likeness (QED) is 0.941. The van der Waals surface area contributed by atoms with Crippen LogP contribution in [-0.4, -0.2) is 44.2 Å². The first-order chi connectivity index (χ1) is 10.0. The van der Waals surface area contributed by atoms with Crippen molar-refractivity contribution >= 4 is 11.5 Å². The van der Waals surface area contributed by atoms with E-state index in [2.05, 4.69) is 45.2 Å². The molecule has 2 aromatic heterocycles. The van der Waals surface area contributed by atoms with E-state index in [-0.39, 0.29) is 11.5 Å². The van der Waals surface area contributed by atoms with Crippen molar-refractivity contribution < 1.29 is 4.74 Å². The van der Waals surface area contributed by atoms with Gasteiger partial charge in [0.25, 0.3) is 0 Å². The number of H-pyrrole nitrogens is 1. The molecule has 0 saturated carbocycles. The van der Waals surface area contributed by atoms with Crippen molar-refractivity contribution in [3.8, 4) is 0 Å². The molecule has 7 heteroatoms. The molecule has 1 N–H and O–H groups in total. The van der Waals surface area contributed by atoms with Gasteiger partial charge < -0.3 is 9.72 Å². The van der Waals surface area contributed by atoms with Crippen LogP contribution in [0.5, 0.6) is 0 Å². The fourth-order valence-corrected chi connectivity index (χ4v) is 2.87. The summed E-state index contributed by atoms with van der Waals surface area (Å²) >= 11 is 1.39. The molecule has 6 nitrogen and oxygen atoms in total. The van der Waals surface area contributed by atoms with Crippen LogP contribution < -0.4 is 0 Å². The maximum absolute atomic E-state index is 5.65. The van der Waals surface area contributed by atoms with Crippen LogP contribution in [0.3, 0.4) is 0 Å². The molecule has 1 aliphatic heterocycles. The van der Waals surface area contributed by atoms with Crippen molar-refractivity contribution in [2.24, 2.45) is 0 Å². The van der Waals surface area contributed by atoms with E-state index in [9.17, 15) is 0 Å². The van der Waals surface area contributed by atoms with Gasteiger partial charge in [-0.2, -0.15) is 0 Å². The highest BCUT2D eigenvalue weighted by atomic mass is 32.1. The largest absolute Gasteiger partial charge is 0.378 e. The Bertz CT molecular complexity index is 574. The highest BCUT2D eigenvalue weighted by Crippen LogP contribution is 2.27. The lowest BCUT2D eigenvalue weighted by atomic mass is 9.93. The Morgan fingerprint density at radius 3 is 3.00 bits per heavy atom. The topological polar surface area (TPSA) is 66.9 Å². The number of nitrogens with zero attached hydrogens (tertiary/aromatic N) is 4. The molecule has 3 rings (SSSR count). The van der Waals surface area contributed by atoms with Crippen molar-refractivity contribution in [1.29, 1.82) is 0 Å². The third-order valence-corrected chi connectivity index (χ3v) is 4.28. The van der Waals surface area contributed by atoms with Gasteiger partial charge >= 0.3 is 0 Å². The average Bonchev–Trinajstić information content (AvgIpc) is 3.09. The molecule has 1 unspecified atom stereocenters. The number of imidazole rings is 1. The Morgan fingerprint density at radius 1 is 1.48 bits per heavy atom. The second-order valence-corrected chi connectivity index (χ2v) is 7.00. The number of aromatic amines is 1. The normalized spacial score (nSPS) is 20.8. The standard InChI is InChI=1S/C14H21N5OS/c1-14(2,3)12-6-15-13(16-12)11-8-20-5-4-19(11)7-10-9-21-18-17-10/h6,9,11H,4-5,7-8H2,1-3H3,(H,15,16). The van der Waals surface area contributed by atoms with Crippen molar-refractivity contribution in [1.82, 2.24) is 24.5 Å². The van der Waals surface area contributed by atoms with E-state index in [1.165, 1.54) is 11.5 Å². The lowest BCUT2D eigenvalue weighted by Gasteiger charge is -2.33. The zero-order chi connectivity index (χ0) is 14.9. The lowest BCUT2D eigenvalue weighted by Crippen LogP contribution is -2.39. The molecule has 1 fully saturated rings. The van der Waals surface area contributed by atoms with E-state index in [0.29, 0.717) is 6.61 Å². The van der Waals surface area contributed by atoms with Crippen molar-refractivity contribution in [3.05, 3.63) is 28.8 Å². The summed E-state index contributed by atoms with van der Waals surface area (Å²) in [5.41, 5.74) is 2.23. The van der Waals surface area contributed by atoms with Crippen LogP contribution in [0.1, 0.15) is 44.0 Å². The summed E-state index contributed by atoms with van der Waals surface area (Å²) in [5, 5.41) is 6.13. The summed E-state index contributed by atoms with van der Waals surface area (Å²) in [5.74, 6) is 0.975. The zero-order valence-electron chi connectivity index (χ0n) is 12.7. The molecule has 114 valence electrons. The summed E-state index contributed by atoms with van der Waals surface area (Å²) in [4.78, 5) is 10.4. The number of rotatable bonds is 3. The molecule has 0 amide bonds. The summed E-state index contributed by atoms with van der Waals surface area (Å²) < 4.78 is 9.58. The molecule has 0 radical (unpaired) electrons. The zero-order valence-corrected chi connectivity index (χ0v) is 13.5. The van der Waals surface area contributed by atoms with E-state index < -0.39 is 0 Å². The highest BCUT2D eigenvalue weighted by Gasteiger charge is 2.28. The molecule has 1 atom stereocenters. The number of nitrogens with one attached hydrogen (secondary N) is 1. The fourth-order valence-electron chi connectivity index (χ4n) is 2.43. The predicted octanol–water partition coefficient (Wildman–Crippen LogP) is 2.13. The van der Waals surface area contributed by atoms with Gasteiger partial charge in [0, 0.05) is 35.8 Å². The van der Waals surface area contributed by atoms with E-state index in [4.69, 9.17) is 4.74 Å². The number of aromatic nitrogens is 4. The van der Waals surface area contributed by atoms with Gasteiger partial charge in [-0.1, -0.05) is 25.3 Å². The maximum Gasteiger partial charge on any atom is 0.126 e. The molecular formula is C14H21N5OS. The van der Waals surface area contributed by atoms with Gasteiger partial charge in [-0.15, -0.1) is 5.10 Å². The molecule has 0 aromatic carbocycles. The van der Waals surface area contributed by atoms with Gasteiger partial charge in [0.15, 0.2) is 0 Å². The van der Waals surface area contributed by atoms with E-state index in [1.807, 2.05) is 11.6 Å². The van der Waals surface area contributed by atoms with Crippen molar-refractivity contribution in [2.45, 2.75) is 38.8 Å². The molecule has 1 aliphatic rings. The van der Waals surface area contributed by atoms with Gasteiger partial charge in [-0.25, -0.2) is 4.98 Å². The Labute approximate surface area is 128 Å². The number of ether oxygens (including phenoxy) is 1. The SMILES string of the molecule is CC(C)(C)c1cnc(C2COCCN2Cc2csnn2)[nH]1. The van der Waals surface area contributed by atoms with Gasteiger partial charge in [-0.3, -0.25) is 4.90 Å². The predicted molar refractivity (Wildman–Crippen MR) is 81.2 cm³/mol. The van der Waals surface area contributed by atoms with Crippen LogP contribution in [0.15, 0.2) is 11.6 Å². The molecule has 2 aromatic rings. The van der Waals surface area contributed by atoms with Crippen molar-refractivity contribution in [3.63, 3.8) is 0 Å². The van der Waals surface area contributed by atoms with Crippen LogP contribution in [0.25, 0.3) is 0 Å². The first kappa shape index (κ1) is 14.6. The average molecular weight is 307 g/mol. The Balaban J connectivity index is 1.79. The highest BCUT2D eigenvalue weighted by molar-refractivity contribution is 7.03. The lowest BCUT2D eigenvalue weighted by molar-refractivity contribution is -0.0162. The summed E-state index contributed by atoms with van der Waals surface area (Å²) in [6, 6.07) is 0.150. The number of hydrogen-bond acceptors (Lipinski definition) is 6. The van der Waals surface area contributed by atoms with E-state index in [1.54, 1.807) is 0 Å². The monoisotopic (exact) mass is 307 g/mol. The smallest absolute Gasteiger partial charge is 0.126 e. The minimum absolute atomic E-state index is 0.0738. The van der Waals surface area contributed by atoms with Gasteiger partial charge in [-0.05, 0) is 11.5 Å². The first-order valence-electron chi connectivity index (χ1n) is 7.17. The molecule has 1 saturated heterocycles. The first-order valence-corrected chi connectivity index (χ1v) is 8.01. The number of morpholine rings is 1. The minimum atomic E-state index is 0.0738. The van der Waals surface area contributed by atoms with Crippen LogP contribution >= 0.6 is 11.5 Å². The third kappa shape index (κ3) is 3.30. The summed E-state index contributed by atoms with van der Waals surface area (Å²) in [6.45, 7) is 9.63. The fraction of sp³-hybridized carbons (Fsp3) is 0.643. The number of hydrogen-bond donors (Lipinski definition) is 1. The Hall–Kier alpha value is -1.31. The second kappa shape index (κ2) is 5.82. The Morgan fingerprint density at radius 2 is 2.33 bits per heavy atom. The van der Waals surface area contributed by atoms with Crippen LogP contribution in [0, 0.1) is 0 Å². The molecule has 21 heavy (non-hydrogen) atoms. The molecule has 0 spiro atoms. The van der Waals surface area contributed by atoms with Crippen LogP contribution in [0.4, 0.5) is 0 Å². The van der Waals surface area contributed by atoms with Crippen LogP contribution in [0.2, 0.25) is 0 Å². The van der Waals surface area contributed by atoms with E-state index in [0.717, 1.165) is 36.9 Å². The summed E-state index contributed by atoms with van der Waals surface area (Å²) in [6.07, 6.45) is 1.94. The summed E-state index contributed by atoms with van der Waals surface area (Å²) in [7, 11) is 0. The van der Waals surface area contributed by atoms with Gasteiger partial charge in [0.2, 0.25) is 0 Å². The Kier molecular flexibility index (Phi) is 4.05. The second-order valence-electron chi connectivity index (χ2n) is 6.39. The molecule has 3 heterocycles. The minimum Gasteiger partial charge on any atom is -0.378 e. The van der Waals surface area contributed by atoms with Crippen molar-refractivity contribution in [2.75, 3.05) is 19.8 Å². The maximum atomic E-state index is 5.65. The third-order valence-electron chi connectivity index (χ3n) is 3.73. The molecular weight excluding hydrogens is 286 g/mol. The van der Waals surface area contributed by atoms with Gasteiger partial charge in [0.05, 0.1) is 24.9 Å². The molecule has 0 bridgehead atoms. The van der Waals surface area contributed by atoms with Gasteiger partial charge in [0.1, 0.15) is 5.82 Å².